The van der Waals surface area contributed by atoms with Crippen molar-refractivity contribution in [2.75, 3.05) is 20.2 Å². The Bertz CT molecular complexity index is 294. The monoisotopic (exact) mass is 240 g/mol. The van der Waals surface area contributed by atoms with Crippen LogP contribution in [0.25, 0.3) is 0 Å². The van der Waals surface area contributed by atoms with Crippen molar-refractivity contribution in [1.82, 2.24) is 10.6 Å². The number of nitrogens with one attached hydrogen (secondary N) is 2. The van der Waals surface area contributed by atoms with E-state index in [1.165, 1.54) is 25.7 Å². The number of hydrogen-bond donors (Lipinski definition) is 2. The molecule has 98 valence electrons. The fourth-order valence-electron chi connectivity index (χ4n) is 2.27. The van der Waals surface area contributed by atoms with Gasteiger partial charge in [0, 0.05) is 20.2 Å². The molecule has 4 heteroatoms. The number of rotatable bonds is 6. The molecule has 2 fully saturated rings. The minimum Gasteiger partial charge on any atom is -0.377 e. The van der Waals surface area contributed by atoms with E-state index in [4.69, 9.17) is 4.74 Å². The summed E-state index contributed by atoms with van der Waals surface area (Å²) in [6.07, 6.45) is 5.31. The van der Waals surface area contributed by atoms with E-state index < -0.39 is 0 Å². The molecular weight excluding hydrogens is 216 g/mol. The van der Waals surface area contributed by atoms with Crippen molar-refractivity contribution in [2.24, 2.45) is 11.3 Å². The van der Waals surface area contributed by atoms with Gasteiger partial charge in [0.2, 0.25) is 0 Å². The van der Waals surface area contributed by atoms with E-state index in [0.717, 1.165) is 12.5 Å². The molecule has 2 saturated carbocycles. The van der Waals surface area contributed by atoms with Gasteiger partial charge in [0.1, 0.15) is 0 Å². The average molecular weight is 240 g/mol. The largest absolute Gasteiger partial charge is 0.377 e. The Kier molecular flexibility index (Phi) is 3.34. The summed E-state index contributed by atoms with van der Waals surface area (Å²) in [6.45, 7) is 5.29. The molecule has 0 atom stereocenters. The fourth-order valence-corrected chi connectivity index (χ4v) is 2.27. The zero-order chi connectivity index (χ0) is 12.5. The van der Waals surface area contributed by atoms with Crippen LogP contribution in [0.15, 0.2) is 0 Å². The van der Waals surface area contributed by atoms with Gasteiger partial charge in [-0.3, -0.25) is 0 Å². The van der Waals surface area contributed by atoms with Crippen molar-refractivity contribution in [3.8, 4) is 0 Å². The van der Waals surface area contributed by atoms with E-state index in [0.29, 0.717) is 12.0 Å². The topological polar surface area (TPSA) is 50.4 Å². The van der Waals surface area contributed by atoms with Gasteiger partial charge in [-0.25, -0.2) is 4.79 Å². The van der Waals surface area contributed by atoms with Crippen LogP contribution in [-0.4, -0.2) is 31.8 Å². The number of carbonyl (C=O) groups excluding carboxylic acids is 1. The standard InChI is InChI=1S/C13H24N2O2/c1-12(2,17-3)8-14-11(16)15-9-13(6-7-13)10-4-5-10/h10H,4-9H2,1-3H3,(H2,14,15,16). The van der Waals surface area contributed by atoms with Crippen LogP contribution in [0, 0.1) is 11.3 Å². The first-order valence-electron chi connectivity index (χ1n) is 6.54. The summed E-state index contributed by atoms with van der Waals surface area (Å²) in [5, 5.41) is 5.86. The van der Waals surface area contributed by atoms with Gasteiger partial charge < -0.3 is 15.4 Å². The van der Waals surface area contributed by atoms with Gasteiger partial charge in [-0.2, -0.15) is 0 Å². The third-order valence-electron chi connectivity index (χ3n) is 4.16. The molecule has 2 rings (SSSR count). The maximum absolute atomic E-state index is 11.6. The van der Waals surface area contributed by atoms with Crippen molar-refractivity contribution in [2.45, 2.75) is 45.1 Å². The van der Waals surface area contributed by atoms with Crippen LogP contribution in [-0.2, 0) is 4.74 Å². The molecule has 4 nitrogen and oxygen atoms in total. The van der Waals surface area contributed by atoms with Crippen molar-refractivity contribution < 1.29 is 9.53 Å². The van der Waals surface area contributed by atoms with Crippen LogP contribution in [0.5, 0.6) is 0 Å². The molecule has 17 heavy (non-hydrogen) atoms. The molecule has 0 aromatic rings. The Hall–Kier alpha value is -0.770. The van der Waals surface area contributed by atoms with Crippen molar-refractivity contribution >= 4 is 6.03 Å². The number of hydrogen-bond acceptors (Lipinski definition) is 2. The minimum absolute atomic E-state index is 0.0675. The minimum atomic E-state index is -0.300. The zero-order valence-corrected chi connectivity index (χ0v) is 11.1. The predicted molar refractivity (Wildman–Crippen MR) is 66.9 cm³/mol. The van der Waals surface area contributed by atoms with Gasteiger partial charge in [-0.1, -0.05) is 0 Å². The summed E-state index contributed by atoms with van der Waals surface area (Å²) in [5.74, 6) is 0.887. The summed E-state index contributed by atoms with van der Waals surface area (Å²) in [5.41, 5.74) is 0.166. The van der Waals surface area contributed by atoms with Crippen LogP contribution in [0.4, 0.5) is 4.79 Å². The second-order valence-corrected chi connectivity index (χ2v) is 6.14. The number of carbonyl (C=O) groups is 1. The van der Waals surface area contributed by atoms with Gasteiger partial charge in [0.15, 0.2) is 0 Å². The van der Waals surface area contributed by atoms with Crippen molar-refractivity contribution in [1.29, 1.82) is 0 Å². The molecule has 0 spiro atoms. The molecular formula is C13H24N2O2. The molecule has 0 aliphatic heterocycles. The lowest BCUT2D eigenvalue weighted by atomic mass is 10.0. The Morgan fingerprint density at radius 2 is 2.00 bits per heavy atom. The quantitative estimate of drug-likeness (QED) is 0.745. The van der Waals surface area contributed by atoms with E-state index in [9.17, 15) is 4.79 Å². The second kappa shape index (κ2) is 4.48. The van der Waals surface area contributed by atoms with Crippen molar-refractivity contribution in [3.63, 3.8) is 0 Å². The van der Waals surface area contributed by atoms with E-state index in [-0.39, 0.29) is 11.6 Å². The summed E-state index contributed by atoms with van der Waals surface area (Å²) in [4.78, 5) is 11.6. The Morgan fingerprint density at radius 3 is 2.47 bits per heavy atom. The third kappa shape index (κ3) is 3.35. The van der Waals surface area contributed by atoms with Crippen LogP contribution in [0.2, 0.25) is 0 Å². The lowest BCUT2D eigenvalue weighted by Gasteiger charge is -2.23. The number of ether oxygens (including phenoxy) is 1. The van der Waals surface area contributed by atoms with Gasteiger partial charge in [0.25, 0.3) is 0 Å². The maximum Gasteiger partial charge on any atom is 0.314 e. The highest BCUT2D eigenvalue weighted by molar-refractivity contribution is 5.74. The van der Waals surface area contributed by atoms with Crippen LogP contribution >= 0.6 is 0 Å². The van der Waals surface area contributed by atoms with Gasteiger partial charge in [-0.05, 0) is 50.9 Å². The Morgan fingerprint density at radius 1 is 1.35 bits per heavy atom. The normalized spacial score (nSPS) is 22.1. The molecule has 2 amide bonds. The smallest absolute Gasteiger partial charge is 0.314 e. The number of urea groups is 1. The molecule has 2 N–H and O–H groups in total. The molecule has 0 aromatic carbocycles. The molecule has 0 heterocycles. The van der Waals surface area contributed by atoms with Crippen LogP contribution < -0.4 is 10.6 Å². The maximum atomic E-state index is 11.6. The Labute approximate surface area is 103 Å². The Balaban J connectivity index is 1.64. The predicted octanol–water partition coefficient (Wildman–Crippen LogP) is 1.90. The molecule has 0 aromatic heterocycles. The second-order valence-electron chi connectivity index (χ2n) is 6.14. The first-order valence-corrected chi connectivity index (χ1v) is 6.54. The van der Waals surface area contributed by atoms with E-state index >= 15 is 0 Å². The van der Waals surface area contributed by atoms with Crippen LogP contribution in [0.1, 0.15) is 39.5 Å². The van der Waals surface area contributed by atoms with E-state index in [1.807, 2.05) is 13.8 Å². The van der Waals surface area contributed by atoms with E-state index in [2.05, 4.69) is 10.6 Å². The van der Waals surface area contributed by atoms with Crippen molar-refractivity contribution in [3.05, 3.63) is 0 Å². The lowest BCUT2D eigenvalue weighted by molar-refractivity contribution is 0.0253. The van der Waals surface area contributed by atoms with Crippen LogP contribution in [0.3, 0.4) is 0 Å². The summed E-state index contributed by atoms with van der Waals surface area (Å²) < 4.78 is 5.25. The average Bonchev–Trinajstić information content (AvgIpc) is 3.15. The lowest BCUT2D eigenvalue weighted by Crippen LogP contribution is -2.45. The highest BCUT2D eigenvalue weighted by Crippen LogP contribution is 2.60. The zero-order valence-electron chi connectivity index (χ0n) is 11.1. The molecule has 0 saturated heterocycles. The number of methoxy groups -OCH3 is 1. The highest BCUT2D eigenvalue weighted by atomic mass is 16.5. The van der Waals surface area contributed by atoms with Gasteiger partial charge in [-0.15, -0.1) is 0 Å². The van der Waals surface area contributed by atoms with Gasteiger partial charge >= 0.3 is 6.03 Å². The first-order chi connectivity index (χ1) is 7.97. The fraction of sp³-hybridized carbons (Fsp3) is 0.923. The molecule has 0 bridgehead atoms. The summed E-state index contributed by atoms with van der Waals surface area (Å²) >= 11 is 0. The molecule has 2 aliphatic carbocycles. The molecule has 0 radical (unpaired) electrons. The highest BCUT2D eigenvalue weighted by Gasteiger charge is 2.53. The van der Waals surface area contributed by atoms with Gasteiger partial charge in [0.05, 0.1) is 5.60 Å². The summed E-state index contributed by atoms with van der Waals surface area (Å²) in [7, 11) is 1.66. The molecule has 0 unspecified atom stereocenters. The number of amides is 2. The summed E-state index contributed by atoms with van der Waals surface area (Å²) in [6, 6.07) is -0.0675. The third-order valence-corrected chi connectivity index (χ3v) is 4.16. The van der Waals surface area contributed by atoms with E-state index in [1.54, 1.807) is 7.11 Å². The SMILES string of the molecule is COC(C)(C)CNC(=O)NCC1(C2CC2)CC1. The first kappa shape index (κ1) is 12.7. The molecule has 2 aliphatic rings.